The zero-order chi connectivity index (χ0) is 13.8. The van der Waals surface area contributed by atoms with Crippen molar-refractivity contribution in [1.82, 2.24) is 9.97 Å². The molecule has 5 nitrogen and oxygen atoms in total. The molecular formula is C14H16N4O. The highest BCUT2D eigenvalue weighted by Gasteiger charge is 2.08. The van der Waals surface area contributed by atoms with E-state index in [0.717, 1.165) is 11.3 Å². The second kappa shape index (κ2) is 5.48. The Balaban J connectivity index is 2.11. The number of carbonyl (C=O) groups excluding carboxylic acids is 1. The zero-order valence-corrected chi connectivity index (χ0v) is 11.2. The van der Waals surface area contributed by atoms with Gasteiger partial charge in [-0.05, 0) is 24.6 Å². The molecule has 0 aliphatic rings. The summed E-state index contributed by atoms with van der Waals surface area (Å²) in [5.41, 5.74) is 2.30. The van der Waals surface area contributed by atoms with Crippen LogP contribution in [0.5, 0.6) is 0 Å². The Labute approximate surface area is 112 Å². The average molecular weight is 256 g/mol. The van der Waals surface area contributed by atoms with E-state index in [1.54, 1.807) is 4.90 Å². The Kier molecular flexibility index (Phi) is 3.75. The summed E-state index contributed by atoms with van der Waals surface area (Å²) in [6, 6.07) is 7.63. The van der Waals surface area contributed by atoms with Crippen LogP contribution in [0.15, 0.2) is 36.7 Å². The number of aromatic nitrogens is 2. The lowest BCUT2D eigenvalue weighted by molar-refractivity contribution is 0.102. The van der Waals surface area contributed by atoms with Crippen LogP contribution in [0.25, 0.3) is 0 Å². The van der Waals surface area contributed by atoms with Crippen molar-refractivity contribution in [2.24, 2.45) is 0 Å². The third-order valence-electron chi connectivity index (χ3n) is 2.58. The molecule has 5 heteroatoms. The van der Waals surface area contributed by atoms with Gasteiger partial charge < -0.3 is 10.2 Å². The normalized spacial score (nSPS) is 10.1. The fourth-order valence-electron chi connectivity index (χ4n) is 1.60. The summed E-state index contributed by atoms with van der Waals surface area (Å²) in [4.78, 5) is 22.0. The molecule has 0 saturated carbocycles. The van der Waals surface area contributed by atoms with Crippen LogP contribution < -0.4 is 10.2 Å². The van der Waals surface area contributed by atoms with Gasteiger partial charge >= 0.3 is 0 Å². The summed E-state index contributed by atoms with van der Waals surface area (Å²) in [6.45, 7) is 1.98. The number of hydrogen-bond donors (Lipinski definition) is 1. The topological polar surface area (TPSA) is 58.1 Å². The first-order chi connectivity index (χ1) is 9.06. The Bertz CT molecular complexity index is 578. The van der Waals surface area contributed by atoms with E-state index in [0.29, 0.717) is 11.5 Å². The van der Waals surface area contributed by atoms with Crippen LogP contribution in [-0.4, -0.2) is 30.0 Å². The highest BCUT2D eigenvalue weighted by Crippen LogP contribution is 2.11. The number of benzene rings is 1. The molecule has 1 heterocycles. The predicted octanol–water partition coefficient (Wildman–Crippen LogP) is 2.10. The molecule has 2 rings (SSSR count). The van der Waals surface area contributed by atoms with E-state index >= 15 is 0 Å². The van der Waals surface area contributed by atoms with Crippen molar-refractivity contribution in [2.75, 3.05) is 24.3 Å². The first-order valence-corrected chi connectivity index (χ1v) is 5.93. The van der Waals surface area contributed by atoms with Crippen LogP contribution in [0.1, 0.15) is 15.9 Å². The van der Waals surface area contributed by atoms with E-state index in [1.165, 1.54) is 12.4 Å². The van der Waals surface area contributed by atoms with Gasteiger partial charge in [0.1, 0.15) is 0 Å². The quantitative estimate of drug-likeness (QED) is 0.913. The standard InChI is InChI=1S/C14H16N4O/c1-10-5-4-6-12(7-10)17-13(19)11-8-15-14(16-9-11)18(2)3/h4-9H,1-3H3,(H,17,19). The van der Waals surface area contributed by atoms with E-state index in [4.69, 9.17) is 0 Å². The molecule has 0 atom stereocenters. The third-order valence-corrected chi connectivity index (χ3v) is 2.58. The minimum Gasteiger partial charge on any atom is -0.347 e. The van der Waals surface area contributed by atoms with Crippen LogP contribution in [0.2, 0.25) is 0 Å². The SMILES string of the molecule is Cc1cccc(NC(=O)c2cnc(N(C)C)nc2)c1. The number of amides is 1. The molecule has 98 valence electrons. The maximum Gasteiger partial charge on any atom is 0.258 e. The van der Waals surface area contributed by atoms with Gasteiger partial charge in [0.15, 0.2) is 0 Å². The molecule has 2 aromatic rings. The van der Waals surface area contributed by atoms with Crippen molar-refractivity contribution >= 4 is 17.5 Å². The van der Waals surface area contributed by atoms with Crippen molar-refractivity contribution in [1.29, 1.82) is 0 Å². The lowest BCUT2D eigenvalue weighted by Gasteiger charge is -2.10. The minimum atomic E-state index is -0.212. The van der Waals surface area contributed by atoms with Crippen LogP contribution >= 0.6 is 0 Å². The molecule has 0 spiro atoms. The van der Waals surface area contributed by atoms with Crippen LogP contribution in [-0.2, 0) is 0 Å². The Morgan fingerprint density at radius 2 is 1.89 bits per heavy atom. The predicted molar refractivity (Wildman–Crippen MR) is 75.5 cm³/mol. The van der Waals surface area contributed by atoms with E-state index < -0.39 is 0 Å². The van der Waals surface area contributed by atoms with Crippen molar-refractivity contribution in [3.05, 3.63) is 47.8 Å². The van der Waals surface area contributed by atoms with Gasteiger partial charge in [-0.2, -0.15) is 0 Å². The molecule has 1 N–H and O–H groups in total. The molecule has 1 aromatic carbocycles. The van der Waals surface area contributed by atoms with Crippen molar-refractivity contribution < 1.29 is 4.79 Å². The van der Waals surface area contributed by atoms with Gasteiger partial charge in [-0.3, -0.25) is 4.79 Å². The molecule has 0 aliphatic heterocycles. The Morgan fingerprint density at radius 3 is 2.47 bits per heavy atom. The molecule has 19 heavy (non-hydrogen) atoms. The van der Waals surface area contributed by atoms with Gasteiger partial charge in [-0.25, -0.2) is 9.97 Å². The highest BCUT2D eigenvalue weighted by atomic mass is 16.1. The first-order valence-electron chi connectivity index (χ1n) is 5.93. The third kappa shape index (κ3) is 3.28. The molecule has 0 fully saturated rings. The summed E-state index contributed by atoms with van der Waals surface area (Å²) in [5.74, 6) is 0.364. The molecule has 0 saturated heterocycles. The maximum atomic E-state index is 12.0. The number of rotatable bonds is 3. The number of hydrogen-bond acceptors (Lipinski definition) is 4. The van der Waals surface area contributed by atoms with Crippen LogP contribution in [0.3, 0.4) is 0 Å². The number of carbonyl (C=O) groups is 1. The van der Waals surface area contributed by atoms with Crippen molar-refractivity contribution in [3.8, 4) is 0 Å². The Morgan fingerprint density at radius 1 is 1.21 bits per heavy atom. The molecule has 0 radical (unpaired) electrons. The summed E-state index contributed by atoms with van der Waals surface area (Å²) < 4.78 is 0. The van der Waals surface area contributed by atoms with Crippen LogP contribution in [0.4, 0.5) is 11.6 Å². The molecule has 0 unspecified atom stereocenters. The Hall–Kier alpha value is -2.43. The summed E-state index contributed by atoms with van der Waals surface area (Å²) >= 11 is 0. The smallest absolute Gasteiger partial charge is 0.258 e. The van der Waals surface area contributed by atoms with E-state index in [1.807, 2.05) is 45.3 Å². The van der Waals surface area contributed by atoms with Gasteiger partial charge in [-0.1, -0.05) is 12.1 Å². The second-order valence-corrected chi connectivity index (χ2v) is 4.49. The number of aryl methyl sites for hydroxylation is 1. The van der Waals surface area contributed by atoms with Crippen molar-refractivity contribution in [2.45, 2.75) is 6.92 Å². The van der Waals surface area contributed by atoms with E-state index in [9.17, 15) is 4.79 Å². The summed E-state index contributed by atoms with van der Waals surface area (Å²) in [6.07, 6.45) is 3.04. The number of nitrogens with one attached hydrogen (secondary N) is 1. The number of anilines is 2. The fourth-order valence-corrected chi connectivity index (χ4v) is 1.60. The molecule has 1 aromatic heterocycles. The lowest BCUT2D eigenvalue weighted by Crippen LogP contribution is -2.16. The summed E-state index contributed by atoms with van der Waals surface area (Å²) in [5, 5.41) is 2.82. The molecule has 0 aliphatic carbocycles. The maximum absolute atomic E-state index is 12.0. The second-order valence-electron chi connectivity index (χ2n) is 4.49. The summed E-state index contributed by atoms with van der Waals surface area (Å²) in [7, 11) is 3.70. The van der Waals surface area contributed by atoms with Gasteiger partial charge in [0.2, 0.25) is 5.95 Å². The van der Waals surface area contributed by atoms with Gasteiger partial charge in [0.05, 0.1) is 5.56 Å². The lowest BCUT2D eigenvalue weighted by atomic mass is 10.2. The monoisotopic (exact) mass is 256 g/mol. The van der Waals surface area contributed by atoms with E-state index in [2.05, 4.69) is 15.3 Å². The fraction of sp³-hybridized carbons (Fsp3) is 0.214. The van der Waals surface area contributed by atoms with Crippen LogP contribution in [0, 0.1) is 6.92 Å². The van der Waals surface area contributed by atoms with Gasteiger partial charge in [0.25, 0.3) is 5.91 Å². The number of nitrogens with zero attached hydrogens (tertiary/aromatic N) is 3. The largest absolute Gasteiger partial charge is 0.347 e. The average Bonchev–Trinajstić information content (AvgIpc) is 2.39. The zero-order valence-electron chi connectivity index (χ0n) is 11.2. The van der Waals surface area contributed by atoms with Gasteiger partial charge in [-0.15, -0.1) is 0 Å². The van der Waals surface area contributed by atoms with E-state index in [-0.39, 0.29) is 5.91 Å². The van der Waals surface area contributed by atoms with Crippen molar-refractivity contribution in [3.63, 3.8) is 0 Å². The van der Waals surface area contributed by atoms with Gasteiger partial charge in [0, 0.05) is 32.2 Å². The molecule has 1 amide bonds. The highest BCUT2D eigenvalue weighted by molar-refractivity contribution is 6.03. The first kappa shape index (κ1) is 13.0. The molecule has 0 bridgehead atoms. The molecular weight excluding hydrogens is 240 g/mol. The minimum absolute atomic E-state index is 0.212.